The third kappa shape index (κ3) is 5.29. The largest absolute Gasteiger partial charge is 0.393 e. The lowest BCUT2D eigenvalue weighted by atomic mass is 9.61. The van der Waals surface area contributed by atoms with Gasteiger partial charge in [-0.25, -0.2) is 0 Å². The fourth-order valence-corrected chi connectivity index (χ4v) is 6.39. The van der Waals surface area contributed by atoms with Gasteiger partial charge in [0.05, 0.1) is 17.8 Å². The Bertz CT molecular complexity index is 671. The Morgan fingerprint density at radius 3 is 2.33 bits per heavy atom. The Labute approximate surface area is 184 Å². The van der Waals surface area contributed by atoms with Crippen LogP contribution in [0.15, 0.2) is 35.5 Å². The van der Waals surface area contributed by atoms with Crippen LogP contribution < -0.4 is 0 Å². The first-order valence-corrected chi connectivity index (χ1v) is 12.2. The molecule has 3 rings (SSSR count). The zero-order valence-corrected chi connectivity index (χ0v) is 19.8. The highest BCUT2D eigenvalue weighted by atomic mass is 16.3. The number of hydrogen-bond donors (Lipinski definition) is 3. The quantitative estimate of drug-likeness (QED) is 0.514. The molecule has 0 bridgehead atoms. The summed E-state index contributed by atoms with van der Waals surface area (Å²) in [5.74, 6) is 2.00. The lowest BCUT2D eigenvalue weighted by Gasteiger charge is -2.44. The minimum absolute atomic E-state index is 0.152. The van der Waals surface area contributed by atoms with Gasteiger partial charge in [0, 0.05) is 5.92 Å². The van der Waals surface area contributed by atoms with Crippen molar-refractivity contribution in [2.45, 2.75) is 104 Å². The summed E-state index contributed by atoms with van der Waals surface area (Å²) in [6.45, 7) is 10.7. The number of aliphatic hydroxyl groups is 3. The molecular formula is C27H44O3. The van der Waals surface area contributed by atoms with Crippen LogP contribution >= 0.6 is 0 Å². The van der Waals surface area contributed by atoms with Crippen molar-refractivity contribution in [3.05, 3.63) is 35.5 Å². The highest BCUT2D eigenvalue weighted by Crippen LogP contribution is 2.59. The summed E-state index contributed by atoms with van der Waals surface area (Å²) >= 11 is 0. The van der Waals surface area contributed by atoms with Gasteiger partial charge in [0.1, 0.15) is 0 Å². The van der Waals surface area contributed by atoms with E-state index in [2.05, 4.69) is 45.1 Å². The van der Waals surface area contributed by atoms with Crippen LogP contribution in [0.3, 0.4) is 0 Å². The molecule has 0 radical (unpaired) electrons. The van der Waals surface area contributed by atoms with E-state index in [0.717, 1.165) is 0 Å². The van der Waals surface area contributed by atoms with Crippen molar-refractivity contribution in [3.8, 4) is 0 Å². The maximum atomic E-state index is 10.2. The SMILES string of the molecule is C[C@H](/C=C/[C@H](C)C(C)(C)O)[C@@H]1CC[C@@H]2/C(=C/C=C3C[C@@H](O)C[C@@H](O)C3)CCC[C@]21C. The molecule has 3 heteroatoms. The van der Waals surface area contributed by atoms with Crippen LogP contribution in [0.2, 0.25) is 0 Å². The third-order valence-electron chi connectivity index (χ3n) is 8.56. The van der Waals surface area contributed by atoms with Crippen molar-refractivity contribution < 1.29 is 15.3 Å². The molecule has 0 saturated heterocycles. The van der Waals surface area contributed by atoms with E-state index in [4.69, 9.17) is 0 Å². The van der Waals surface area contributed by atoms with Crippen LogP contribution in [-0.2, 0) is 0 Å². The van der Waals surface area contributed by atoms with Gasteiger partial charge in [-0.3, -0.25) is 0 Å². The zero-order valence-electron chi connectivity index (χ0n) is 19.8. The summed E-state index contributed by atoms with van der Waals surface area (Å²) in [6.07, 6.45) is 16.5. The van der Waals surface area contributed by atoms with Crippen LogP contribution in [0.1, 0.15) is 86.0 Å². The normalized spacial score (nSPS) is 40.1. The molecule has 0 aliphatic heterocycles. The first-order chi connectivity index (χ1) is 14.0. The first-order valence-electron chi connectivity index (χ1n) is 12.2. The molecule has 0 unspecified atom stereocenters. The second kappa shape index (κ2) is 9.30. The van der Waals surface area contributed by atoms with Gasteiger partial charge in [0.25, 0.3) is 0 Å². The van der Waals surface area contributed by atoms with E-state index >= 15 is 0 Å². The summed E-state index contributed by atoms with van der Waals surface area (Å²) in [5.41, 5.74) is 2.43. The highest BCUT2D eigenvalue weighted by Gasteiger charge is 2.50. The van der Waals surface area contributed by atoms with Crippen molar-refractivity contribution in [1.82, 2.24) is 0 Å². The second-order valence-electron chi connectivity index (χ2n) is 11.3. The fraction of sp³-hybridized carbons (Fsp3) is 0.778. The maximum absolute atomic E-state index is 10.2. The third-order valence-corrected chi connectivity index (χ3v) is 8.56. The molecule has 3 nitrogen and oxygen atoms in total. The van der Waals surface area contributed by atoms with E-state index in [1.807, 2.05) is 13.8 Å². The minimum Gasteiger partial charge on any atom is -0.393 e. The van der Waals surface area contributed by atoms with Gasteiger partial charge in [0.2, 0.25) is 0 Å². The summed E-state index contributed by atoms with van der Waals surface area (Å²) in [7, 11) is 0. The van der Waals surface area contributed by atoms with Gasteiger partial charge in [-0.2, -0.15) is 0 Å². The molecule has 3 N–H and O–H groups in total. The van der Waals surface area contributed by atoms with Gasteiger partial charge in [-0.1, -0.05) is 56.2 Å². The van der Waals surface area contributed by atoms with Crippen molar-refractivity contribution in [1.29, 1.82) is 0 Å². The average molecular weight is 417 g/mol. The predicted octanol–water partition coefficient (Wildman–Crippen LogP) is 5.56. The molecular weight excluding hydrogens is 372 g/mol. The molecule has 0 aromatic carbocycles. The molecule has 3 aliphatic rings. The molecule has 0 aromatic rings. The summed E-state index contributed by atoms with van der Waals surface area (Å²) in [5, 5.41) is 30.2. The Hall–Kier alpha value is -0.900. The van der Waals surface area contributed by atoms with Crippen LogP contribution in [-0.4, -0.2) is 33.1 Å². The molecule has 7 atom stereocenters. The van der Waals surface area contributed by atoms with Gasteiger partial charge < -0.3 is 15.3 Å². The van der Waals surface area contributed by atoms with E-state index in [0.29, 0.717) is 42.4 Å². The molecule has 0 aromatic heterocycles. The number of aliphatic hydroxyl groups excluding tert-OH is 2. The van der Waals surface area contributed by atoms with Crippen molar-refractivity contribution in [2.24, 2.45) is 29.1 Å². The van der Waals surface area contributed by atoms with Crippen LogP contribution in [0.5, 0.6) is 0 Å². The smallest absolute Gasteiger partial charge is 0.0651 e. The molecule has 30 heavy (non-hydrogen) atoms. The molecule has 0 spiro atoms. The molecule has 3 aliphatic carbocycles. The molecule has 3 saturated carbocycles. The summed E-state index contributed by atoms with van der Waals surface area (Å²) in [6, 6.07) is 0. The predicted molar refractivity (Wildman–Crippen MR) is 124 cm³/mol. The standard InChI is InChI=1S/C27H44O3/c1-18(8-9-19(2)26(3,4)30)24-12-13-25-21(7-6-14-27(24,25)5)11-10-20-15-22(28)17-23(29)16-20/h8-11,18-19,22-25,28-30H,6-7,12-17H2,1-5H3/b9-8+,20-10?,21-11+/t18-,19+,22-,23+,24+,25-,27+/m1/s1. The molecule has 0 heterocycles. The van der Waals surface area contributed by atoms with Crippen LogP contribution in [0.25, 0.3) is 0 Å². The van der Waals surface area contributed by atoms with Crippen molar-refractivity contribution in [3.63, 3.8) is 0 Å². The van der Waals surface area contributed by atoms with Crippen LogP contribution in [0, 0.1) is 29.1 Å². The fourth-order valence-electron chi connectivity index (χ4n) is 6.39. The van der Waals surface area contributed by atoms with E-state index < -0.39 is 17.8 Å². The van der Waals surface area contributed by atoms with E-state index in [9.17, 15) is 15.3 Å². The number of hydrogen-bond acceptors (Lipinski definition) is 3. The summed E-state index contributed by atoms with van der Waals surface area (Å²) < 4.78 is 0. The monoisotopic (exact) mass is 416 g/mol. The van der Waals surface area contributed by atoms with Gasteiger partial charge in [0.15, 0.2) is 0 Å². The van der Waals surface area contributed by atoms with E-state index in [1.54, 1.807) is 5.57 Å². The van der Waals surface area contributed by atoms with E-state index in [1.165, 1.54) is 37.7 Å². The van der Waals surface area contributed by atoms with E-state index in [-0.39, 0.29) is 5.92 Å². The Morgan fingerprint density at radius 1 is 1.03 bits per heavy atom. The number of allylic oxidation sites excluding steroid dienone is 4. The second-order valence-corrected chi connectivity index (χ2v) is 11.3. The van der Waals surface area contributed by atoms with Gasteiger partial charge in [-0.05, 0) is 88.4 Å². The number of rotatable bonds is 5. The molecule has 3 fully saturated rings. The molecule has 0 amide bonds. The van der Waals surface area contributed by atoms with Crippen molar-refractivity contribution >= 4 is 0 Å². The van der Waals surface area contributed by atoms with Crippen molar-refractivity contribution in [2.75, 3.05) is 0 Å². The first kappa shape index (κ1) is 23.8. The van der Waals surface area contributed by atoms with Crippen LogP contribution in [0.4, 0.5) is 0 Å². The Morgan fingerprint density at radius 2 is 1.70 bits per heavy atom. The molecule has 170 valence electrons. The lowest BCUT2D eigenvalue weighted by molar-refractivity contribution is 0.0436. The highest BCUT2D eigenvalue weighted by molar-refractivity contribution is 5.26. The average Bonchev–Trinajstić information content (AvgIpc) is 3.00. The topological polar surface area (TPSA) is 60.7 Å². The maximum Gasteiger partial charge on any atom is 0.0651 e. The Kier molecular flexibility index (Phi) is 7.37. The minimum atomic E-state index is -0.674. The lowest BCUT2D eigenvalue weighted by Crippen LogP contribution is -2.35. The number of fused-ring (bicyclic) bond motifs is 1. The van der Waals surface area contributed by atoms with Gasteiger partial charge >= 0.3 is 0 Å². The van der Waals surface area contributed by atoms with Gasteiger partial charge in [-0.15, -0.1) is 0 Å². The zero-order chi connectivity index (χ0) is 22.1. The Balaban J connectivity index is 1.73. The summed E-state index contributed by atoms with van der Waals surface area (Å²) in [4.78, 5) is 0.